The van der Waals surface area contributed by atoms with Crippen LogP contribution in [0.25, 0.3) is 0 Å². The Kier molecular flexibility index (Phi) is 6.01. The molecule has 1 fully saturated rings. The van der Waals surface area contributed by atoms with Gasteiger partial charge in [-0.1, -0.05) is 6.92 Å². The lowest BCUT2D eigenvalue weighted by Crippen LogP contribution is -2.38. The Morgan fingerprint density at radius 2 is 2.15 bits per heavy atom. The predicted octanol–water partition coefficient (Wildman–Crippen LogP) is 1.21. The molecule has 6 nitrogen and oxygen atoms in total. The monoisotopic (exact) mass is 280 g/mol. The summed E-state index contributed by atoms with van der Waals surface area (Å²) in [4.78, 5) is 11.0. The summed E-state index contributed by atoms with van der Waals surface area (Å²) >= 11 is 0. The van der Waals surface area contributed by atoms with Gasteiger partial charge in [0.2, 0.25) is 11.8 Å². The third-order valence-electron chi connectivity index (χ3n) is 3.27. The number of hydrogen-bond acceptors (Lipinski definition) is 6. The largest absolute Gasteiger partial charge is 0.478 e. The summed E-state index contributed by atoms with van der Waals surface area (Å²) in [6.45, 7) is 5.81. The number of ether oxygens (including phenoxy) is 2. The van der Waals surface area contributed by atoms with Crippen molar-refractivity contribution in [3.8, 4) is 5.88 Å². The van der Waals surface area contributed by atoms with E-state index in [1.807, 2.05) is 0 Å². The Balaban J connectivity index is 1.86. The highest BCUT2D eigenvalue weighted by molar-refractivity contribution is 5.32. The predicted molar refractivity (Wildman–Crippen MR) is 78.1 cm³/mol. The SMILES string of the molecule is CCCOc1ccnc(N2CCC(OCCN)CC2)n1. The first-order chi connectivity index (χ1) is 9.83. The van der Waals surface area contributed by atoms with Crippen LogP contribution in [0, 0.1) is 0 Å². The van der Waals surface area contributed by atoms with E-state index >= 15 is 0 Å². The van der Waals surface area contributed by atoms with Gasteiger partial charge in [-0.2, -0.15) is 4.98 Å². The third kappa shape index (κ3) is 4.31. The van der Waals surface area contributed by atoms with Crippen molar-refractivity contribution < 1.29 is 9.47 Å². The first kappa shape index (κ1) is 15.0. The van der Waals surface area contributed by atoms with Gasteiger partial charge in [-0.05, 0) is 19.3 Å². The molecule has 20 heavy (non-hydrogen) atoms. The van der Waals surface area contributed by atoms with E-state index in [0.29, 0.717) is 31.7 Å². The van der Waals surface area contributed by atoms with Crippen LogP contribution >= 0.6 is 0 Å². The summed E-state index contributed by atoms with van der Waals surface area (Å²) in [5.74, 6) is 1.40. The summed E-state index contributed by atoms with van der Waals surface area (Å²) in [6, 6.07) is 1.80. The second-order valence-electron chi connectivity index (χ2n) is 4.89. The van der Waals surface area contributed by atoms with Gasteiger partial charge in [-0.3, -0.25) is 0 Å². The zero-order chi connectivity index (χ0) is 14.2. The van der Waals surface area contributed by atoms with Gasteiger partial charge in [-0.25, -0.2) is 4.98 Å². The molecule has 0 atom stereocenters. The van der Waals surface area contributed by atoms with E-state index in [4.69, 9.17) is 15.2 Å². The zero-order valence-corrected chi connectivity index (χ0v) is 12.1. The molecular formula is C14H24N4O2. The van der Waals surface area contributed by atoms with Crippen molar-refractivity contribution >= 4 is 5.95 Å². The second kappa shape index (κ2) is 8.01. The van der Waals surface area contributed by atoms with Crippen LogP contribution < -0.4 is 15.4 Å². The maximum atomic E-state index is 5.68. The fraction of sp³-hybridized carbons (Fsp3) is 0.714. The molecule has 1 aliphatic rings. The molecule has 1 aromatic heterocycles. The van der Waals surface area contributed by atoms with Gasteiger partial charge < -0.3 is 20.1 Å². The molecule has 0 unspecified atom stereocenters. The first-order valence-electron chi connectivity index (χ1n) is 7.36. The van der Waals surface area contributed by atoms with Crippen LogP contribution in [0.15, 0.2) is 12.3 Å². The van der Waals surface area contributed by atoms with E-state index in [9.17, 15) is 0 Å². The molecule has 2 heterocycles. The minimum Gasteiger partial charge on any atom is -0.478 e. The maximum Gasteiger partial charge on any atom is 0.228 e. The lowest BCUT2D eigenvalue weighted by atomic mass is 10.1. The first-order valence-corrected chi connectivity index (χ1v) is 7.36. The number of nitrogens with zero attached hydrogens (tertiary/aromatic N) is 3. The van der Waals surface area contributed by atoms with Crippen LogP contribution in [0.4, 0.5) is 5.95 Å². The van der Waals surface area contributed by atoms with Crippen LogP contribution in [0.3, 0.4) is 0 Å². The normalized spacial score (nSPS) is 16.4. The quantitative estimate of drug-likeness (QED) is 0.809. The van der Waals surface area contributed by atoms with Gasteiger partial charge in [0.15, 0.2) is 0 Å². The molecule has 2 N–H and O–H groups in total. The van der Waals surface area contributed by atoms with E-state index in [1.54, 1.807) is 12.3 Å². The van der Waals surface area contributed by atoms with Crippen LogP contribution in [0.5, 0.6) is 5.88 Å². The molecule has 0 bridgehead atoms. The number of hydrogen-bond donors (Lipinski definition) is 1. The number of piperidine rings is 1. The van der Waals surface area contributed by atoms with E-state index in [1.165, 1.54) is 0 Å². The van der Waals surface area contributed by atoms with Gasteiger partial charge in [0.1, 0.15) is 0 Å². The Morgan fingerprint density at radius 3 is 2.85 bits per heavy atom. The number of rotatable bonds is 7. The fourth-order valence-electron chi connectivity index (χ4n) is 2.23. The summed E-state index contributed by atoms with van der Waals surface area (Å²) in [7, 11) is 0. The third-order valence-corrected chi connectivity index (χ3v) is 3.27. The fourth-order valence-corrected chi connectivity index (χ4v) is 2.23. The van der Waals surface area contributed by atoms with Gasteiger partial charge in [0, 0.05) is 31.9 Å². The molecule has 6 heteroatoms. The van der Waals surface area contributed by atoms with Crippen molar-refractivity contribution in [3.63, 3.8) is 0 Å². The Labute approximate surface area is 120 Å². The van der Waals surface area contributed by atoms with Crippen LogP contribution in [-0.2, 0) is 4.74 Å². The van der Waals surface area contributed by atoms with Crippen LogP contribution in [-0.4, -0.2) is 48.9 Å². The molecule has 0 amide bonds. The highest BCUT2D eigenvalue weighted by Crippen LogP contribution is 2.19. The maximum absolute atomic E-state index is 5.68. The molecule has 0 spiro atoms. The summed E-state index contributed by atoms with van der Waals surface area (Å²) in [5, 5.41) is 0. The van der Waals surface area contributed by atoms with Gasteiger partial charge in [0.05, 0.1) is 19.3 Å². The van der Waals surface area contributed by atoms with Crippen molar-refractivity contribution in [2.75, 3.05) is 37.7 Å². The van der Waals surface area contributed by atoms with E-state index in [0.717, 1.165) is 38.3 Å². The van der Waals surface area contributed by atoms with Gasteiger partial charge >= 0.3 is 0 Å². The lowest BCUT2D eigenvalue weighted by molar-refractivity contribution is 0.0420. The molecule has 0 saturated carbocycles. The average molecular weight is 280 g/mol. The second-order valence-corrected chi connectivity index (χ2v) is 4.89. The molecule has 0 radical (unpaired) electrons. The van der Waals surface area contributed by atoms with Crippen LogP contribution in [0.1, 0.15) is 26.2 Å². The number of aromatic nitrogens is 2. The molecule has 112 valence electrons. The average Bonchev–Trinajstić information content (AvgIpc) is 2.52. The topological polar surface area (TPSA) is 73.5 Å². The minimum atomic E-state index is 0.314. The van der Waals surface area contributed by atoms with E-state index < -0.39 is 0 Å². The molecule has 1 saturated heterocycles. The van der Waals surface area contributed by atoms with E-state index in [-0.39, 0.29) is 0 Å². The number of anilines is 1. The Bertz CT molecular complexity index is 395. The summed E-state index contributed by atoms with van der Waals surface area (Å²) in [5.41, 5.74) is 5.45. The summed E-state index contributed by atoms with van der Waals surface area (Å²) in [6.07, 6.45) is 5.02. The van der Waals surface area contributed by atoms with Crippen LogP contribution in [0.2, 0.25) is 0 Å². The molecule has 2 rings (SSSR count). The van der Waals surface area contributed by atoms with Crippen molar-refractivity contribution in [1.29, 1.82) is 0 Å². The van der Waals surface area contributed by atoms with Crippen molar-refractivity contribution in [2.24, 2.45) is 5.73 Å². The highest BCUT2D eigenvalue weighted by atomic mass is 16.5. The Morgan fingerprint density at radius 1 is 1.35 bits per heavy atom. The highest BCUT2D eigenvalue weighted by Gasteiger charge is 2.21. The van der Waals surface area contributed by atoms with Crippen molar-refractivity contribution in [3.05, 3.63) is 12.3 Å². The lowest BCUT2D eigenvalue weighted by Gasteiger charge is -2.31. The molecule has 0 aromatic carbocycles. The van der Waals surface area contributed by atoms with Crippen molar-refractivity contribution in [2.45, 2.75) is 32.3 Å². The standard InChI is InChI=1S/C14H24N4O2/c1-2-10-20-13-3-7-16-14(17-13)18-8-4-12(5-9-18)19-11-6-15/h3,7,12H,2,4-6,8-11,15H2,1H3. The summed E-state index contributed by atoms with van der Waals surface area (Å²) < 4.78 is 11.2. The molecule has 1 aromatic rings. The minimum absolute atomic E-state index is 0.314. The van der Waals surface area contributed by atoms with Gasteiger partial charge in [0.25, 0.3) is 0 Å². The zero-order valence-electron chi connectivity index (χ0n) is 12.1. The molecular weight excluding hydrogens is 256 g/mol. The van der Waals surface area contributed by atoms with E-state index in [2.05, 4.69) is 21.8 Å². The molecule has 1 aliphatic heterocycles. The van der Waals surface area contributed by atoms with Gasteiger partial charge in [-0.15, -0.1) is 0 Å². The van der Waals surface area contributed by atoms with Crippen molar-refractivity contribution in [1.82, 2.24) is 9.97 Å². The Hall–Kier alpha value is -1.40. The smallest absolute Gasteiger partial charge is 0.228 e. The molecule has 0 aliphatic carbocycles. The number of nitrogens with two attached hydrogens (primary N) is 1.